The molecule has 3 radical (unpaired) electrons. The summed E-state index contributed by atoms with van der Waals surface area (Å²) in [7, 11) is 2.42. The summed E-state index contributed by atoms with van der Waals surface area (Å²) < 4.78 is 29.3. The standard InChI is InChI=1S/C20H44N3O5Si3/c1-8-26-31(27-9-2,28-10-3)17-11-12-21-18-29-19(4)20(30(24-6)25-7)23-15-13-22(5)14-16-23/h21H,8-18H2,1-7H3. The largest absolute Gasteiger partial charge is 0.500 e. The molecule has 1 heterocycles. The van der Waals surface area contributed by atoms with Crippen molar-refractivity contribution in [3.63, 3.8) is 0 Å². The molecule has 181 valence electrons. The smallest absolute Gasteiger partial charge is 0.392 e. The molecular formula is C20H44N3O5Si3. The van der Waals surface area contributed by atoms with Crippen molar-refractivity contribution >= 4 is 27.6 Å². The fourth-order valence-electron chi connectivity index (χ4n) is 3.62. The van der Waals surface area contributed by atoms with Crippen molar-refractivity contribution in [3.8, 4) is 0 Å². The summed E-state index contributed by atoms with van der Waals surface area (Å²) in [5.41, 5.74) is 0. The van der Waals surface area contributed by atoms with Crippen LogP contribution in [0.1, 0.15) is 34.1 Å². The van der Waals surface area contributed by atoms with E-state index < -0.39 is 18.1 Å². The monoisotopic (exact) mass is 490 g/mol. The van der Waals surface area contributed by atoms with Crippen LogP contribution in [-0.4, -0.2) is 117 Å². The lowest BCUT2D eigenvalue weighted by Gasteiger charge is -2.37. The number of piperazine rings is 1. The van der Waals surface area contributed by atoms with Crippen LogP contribution in [0.3, 0.4) is 0 Å². The van der Waals surface area contributed by atoms with Crippen molar-refractivity contribution in [2.24, 2.45) is 0 Å². The van der Waals surface area contributed by atoms with Crippen LogP contribution < -0.4 is 5.32 Å². The van der Waals surface area contributed by atoms with Gasteiger partial charge in [0.1, 0.15) is 0 Å². The van der Waals surface area contributed by atoms with Crippen molar-refractivity contribution in [2.75, 3.05) is 80.0 Å². The van der Waals surface area contributed by atoms with E-state index in [0.29, 0.717) is 29.3 Å². The molecule has 1 aliphatic heterocycles. The predicted molar refractivity (Wildman–Crippen MR) is 130 cm³/mol. The molecule has 0 amide bonds. The van der Waals surface area contributed by atoms with Gasteiger partial charge in [-0.3, -0.25) is 0 Å². The first-order chi connectivity index (χ1) is 15.0. The summed E-state index contributed by atoms with van der Waals surface area (Å²) in [4.78, 5) is 4.84. The molecule has 1 aliphatic rings. The summed E-state index contributed by atoms with van der Waals surface area (Å²) in [5, 5.41) is 6.27. The molecule has 1 N–H and O–H groups in total. The average Bonchev–Trinajstić information content (AvgIpc) is 2.75. The number of nitrogens with zero attached hydrogens (tertiary/aromatic N) is 2. The number of nitrogens with one attached hydrogen (secondary N) is 1. The van der Waals surface area contributed by atoms with Crippen LogP contribution in [0.25, 0.3) is 0 Å². The molecule has 0 spiro atoms. The number of hydrogen-bond donors (Lipinski definition) is 1. The molecule has 1 fully saturated rings. The molecular weight excluding hydrogens is 446 g/mol. The van der Waals surface area contributed by atoms with Crippen molar-refractivity contribution in [2.45, 2.75) is 40.2 Å². The zero-order chi connectivity index (χ0) is 23.1. The Bertz CT molecular complexity index is 487. The van der Waals surface area contributed by atoms with Crippen LogP contribution >= 0.6 is 0 Å². The van der Waals surface area contributed by atoms with Gasteiger partial charge in [-0.1, -0.05) is 5.20 Å². The maximum Gasteiger partial charge on any atom is 0.500 e. The maximum atomic E-state index is 5.94. The van der Waals surface area contributed by atoms with Crippen LogP contribution in [0, 0.1) is 0 Å². The molecule has 0 saturated carbocycles. The van der Waals surface area contributed by atoms with Crippen LogP contribution in [-0.2, 0) is 22.1 Å². The third-order valence-electron chi connectivity index (χ3n) is 5.15. The maximum absolute atomic E-state index is 5.94. The van der Waals surface area contributed by atoms with Gasteiger partial charge < -0.3 is 37.2 Å². The molecule has 11 heteroatoms. The average molecular weight is 491 g/mol. The van der Waals surface area contributed by atoms with E-state index in [9.17, 15) is 0 Å². The lowest BCUT2D eigenvalue weighted by Crippen LogP contribution is -2.48. The Morgan fingerprint density at radius 2 is 1.52 bits per heavy atom. The zero-order valence-corrected chi connectivity index (χ0v) is 23.7. The van der Waals surface area contributed by atoms with Gasteiger partial charge in [-0.2, -0.15) is 0 Å². The summed E-state index contributed by atoms with van der Waals surface area (Å²) in [6, 6.07) is 0.848. The minimum absolute atomic E-state index is 0.628. The lowest BCUT2D eigenvalue weighted by atomic mass is 10.3. The highest BCUT2D eigenvalue weighted by atomic mass is 28.4. The summed E-state index contributed by atoms with van der Waals surface area (Å²) >= 11 is 0. The number of likely N-dealkylation sites (N-methyl/N-ethyl adjacent to an activating group) is 1. The van der Waals surface area contributed by atoms with Gasteiger partial charge in [0, 0.05) is 66.3 Å². The minimum Gasteiger partial charge on any atom is -0.392 e. The second-order valence-corrected chi connectivity index (χ2v) is 13.5. The second kappa shape index (κ2) is 16.5. The highest BCUT2D eigenvalue weighted by molar-refractivity contribution is 6.60. The molecule has 0 unspecified atom stereocenters. The molecule has 0 aromatic carbocycles. The van der Waals surface area contributed by atoms with Crippen molar-refractivity contribution in [3.05, 3.63) is 10.5 Å². The molecule has 0 aromatic rings. The van der Waals surface area contributed by atoms with Gasteiger partial charge in [-0.15, -0.1) is 0 Å². The van der Waals surface area contributed by atoms with Crippen molar-refractivity contribution in [1.29, 1.82) is 0 Å². The fourth-order valence-corrected chi connectivity index (χ4v) is 9.04. The van der Waals surface area contributed by atoms with Gasteiger partial charge in [0.25, 0.3) is 0 Å². The van der Waals surface area contributed by atoms with Crippen LogP contribution in [0.5, 0.6) is 0 Å². The topological polar surface area (TPSA) is 64.7 Å². The number of hydrogen-bond acceptors (Lipinski definition) is 8. The Balaban J connectivity index is 2.57. The zero-order valence-electron chi connectivity index (χ0n) is 20.7. The Hall–Kier alpha value is -0.0894. The molecule has 0 bridgehead atoms. The Morgan fingerprint density at radius 1 is 0.968 bits per heavy atom. The lowest BCUT2D eigenvalue weighted by molar-refractivity contribution is 0.0708. The molecule has 1 rings (SSSR count). The van der Waals surface area contributed by atoms with E-state index in [1.54, 1.807) is 14.2 Å². The van der Waals surface area contributed by atoms with Crippen LogP contribution in [0.4, 0.5) is 0 Å². The molecule has 8 nitrogen and oxygen atoms in total. The van der Waals surface area contributed by atoms with Gasteiger partial charge in [0.05, 0.1) is 14.8 Å². The SMILES string of the molecule is CCO[Si](CCCNC[Si]C(C)=C(N1CCN(C)CC1)[Si](OC)OC)(OCC)OCC. The quantitative estimate of drug-likeness (QED) is 0.243. The predicted octanol–water partition coefficient (Wildman–Crippen LogP) is 1.48. The van der Waals surface area contributed by atoms with Gasteiger partial charge in [0.2, 0.25) is 0 Å². The van der Waals surface area contributed by atoms with E-state index in [1.165, 1.54) is 10.5 Å². The van der Waals surface area contributed by atoms with Crippen LogP contribution in [0.2, 0.25) is 6.04 Å². The Kier molecular flexibility index (Phi) is 15.4. The first kappa shape index (κ1) is 28.9. The first-order valence-corrected chi connectivity index (χ1v) is 15.9. The highest BCUT2D eigenvalue weighted by Gasteiger charge is 2.39. The Morgan fingerprint density at radius 3 is 2.00 bits per heavy atom. The van der Waals surface area contributed by atoms with Crippen molar-refractivity contribution in [1.82, 2.24) is 15.1 Å². The van der Waals surface area contributed by atoms with E-state index in [1.807, 2.05) is 20.8 Å². The normalized spacial score (nSPS) is 16.8. The van der Waals surface area contributed by atoms with E-state index >= 15 is 0 Å². The molecule has 0 aliphatic carbocycles. The summed E-state index contributed by atoms with van der Waals surface area (Å²) in [6.45, 7) is 15.3. The number of allylic oxidation sites excluding steroid dienone is 1. The van der Waals surface area contributed by atoms with Gasteiger partial charge in [-0.05, 0) is 53.9 Å². The number of rotatable bonds is 17. The molecule has 31 heavy (non-hydrogen) atoms. The van der Waals surface area contributed by atoms with E-state index in [2.05, 4.69) is 29.1 Å². The highest BCUT2D eigenvalue weighted by Crippen LogP contribution is 2.18. The van der Waals surface area contributed by atoms with Gasteiger partial charge in [-0.25, -0.2) is 0 Å². The van der Waals surface area contributed by atoms with Gasteiger partial charge in [0.15, 0.2) is 0 Å². The van der Waals surface area contributed by atoms with E-state index in [-0.39, 0.29) is 0 Å². The minimum atomic E-state index is -2.54. The molecule has 0 atom stereocenters. The second-order valence-electron chi connectivity index (χ2n) is 7.40. The van der Waals surface area contributed by atoms with Crippen LogP contribution in [0.15, 0.2) is 10.5 Å². The summed E-state index contributed by atoms with van der Waals surface area (Å²) in [5.74, 6) is 0. The molecule has 0 aromatic heterocycles. The third-order valence-corrected chi connectivity index (χ3v) is 11.6. The van der Waals surface area contributed by atoms with E-state index in [0.717, 1.165) is 51.4 Å². The Labute approximate surface area is 195 Å². The first-order valence-electron chi connectivity index (χ1n) is 11.4. The fraction of sp³-hybridized carbons (Fsp3) is 0.900. The summed E-state index contributed by atoms with van der Waals surface area (Å²) in [6.07, 6.45) is 1.94. The van der Waals surface area contributed by atoms with Gasteiger partial charge >= 0.3 is 18.1 Å². The third kappa shape index (κ3) is 10.2. The molecule has 1 saturated heterocycles. The van der Waals surface area contributed by atoms with E-state index in [4.69, 9.17) is 22.1 Å². The van der Waals surface area contributed by atoms with Crippen molar-refractivity contribution < 1.29 is 22.1 Å².